The van der Waals surface area contributed by atoms with Crippen molar-refractivity contribution in [2.45, 2.75) is 58.6 Å². The van der Waals surface area contributed by atoms with Crippen molar-refractivity contribution < 1.29 is 18.8 Å². The van der Waals surface area contributed by atoms with Crippen molar-refractivity contribution >= 4 is 23.9 Å². The number of fused-ring (bicyclic) bond motifs is 1. The molecule has 0 amide bonds. The maximum absolute atomic E-state index is 12.2. The van der Waals surface area contributed by atoms with Crippen molar-refractivity contribution in [3.05, 3.63) is 47.5 Å². The highest BCUT2D eigenvalue weighted by Crippen LogP contribution is 2.38. The molecule has 2 aromatic rings. The van der Waals surface area contributed by atoms with Gasteiger partial charge in [-0.1, -0.05) is 24.3 Å². The first-order valence-electron chi connectivity index (χ1n) is 9.28. The molecule has 0 N–H and O–H groups in total. The van der Waals surface area contributed by atoms with Gasteiger partial charge < -0.3 is 14.0 Å². The molecule has 4 nitrogen and oxygen atoms in total. The number of carbonyl (C=O) groups excluding carboxylic acids is 1. The third-order valence-electron chi connectivity index (χ3n) is 5.41. The molecule has 0 aromatic heterocycles. The fourth-order valence-corrected chi connectivity index (χ4v) is 3.29. The summed E-state index contributed by atoms with van der Waals surface area (Å²) >= 11 is 0. The van der Waals surface area contributed by atoms with E-state index < -0.39 is 0 Å². The fourth-order valence-electron chi connectivity index (χ4n) is 3.29. The minimum Gasteiger partial charge on any atom is -0.462 e. The quantitative estimate of drug-likeness (QED) is 0.579. The smallest absolute Gasteiger partial charge is 0.458 e. The fraction of sp³-hybridized carbons (Fsp3) is 0.476. The maximum atomic E-state index is 12.2. The van der Waals surface area contributed by atoms with E-state index in [1.54, 1.807) is 0 Å². The van der Waals surface area contributed by atoms with E-state index >= 15 is 0 Å². The number of ether oxygens (including phenoxy) is 1. The standard InChI is InChI=1S/C21H27BO4/c1-6-24-19(23)17-13-15-9-7-8-10-18(15)16(14-17)11-12-22-25-20(2,3)21(4,5)26-22/h7-10,13-14H,6,11-12H2,1-5H3. The predicted octanol–water partition coefficient (Wildman–Crippen LogP) is 4.65. The first kappa shape index (κ1) is 18.9. The Morgan fingerprint density at radius 1 is 1.08 bits per heavy atom. The van der Waals surface area contributed by atoms with Gasteiger partial charge in [-0.2, -0.15) is 0 Å². The van der Waals surface area contributed by atoms with E-state index in [1.165, 1.54) is 0 Å². The molecule has 3 rings (SSSR count). The van der Waals surface area contributed by atoms with E-state index in [1.807, 2.05) is 37.3 Å². The van der Waals surface area contributed by atoms with Gasteiger partial charge in [-0.3, -0.25) is 0 Å². The minimum absolute atomic E-state index is 0.245. The van der Waals surface area contributed by atoms with Gasteiger partial charge in [0.05, 0.1) is 23.4 Å². The van der Waals surface area contributed by atoms with Crippen LogP contribution in [-0.2, 0) is 20.5 Å². The van der Waals surface area contributed by atoms with E-state index in [2.05, 4.69) is 33.8 Å². The molecule has 2 aromatic carbocycles. The Morgan fingerprint density at radius 2 is 1.73 bits per heavy atom. The highest BCUT2D eigenvalue weighted by molar-refractivity contribution is 6.45. The zero-order chi connectivity index (χ0) is 18.9. The third-order valence-corrected chi connectivity index (χ3v) is 5.41. The van der Waals surface area contributed by atoms with Crippen LogP contribution in [0, 0.1) is 0 Å². The summed E-state index contributed by atoms with van der Waals surface area (Å²) in [6.07, 6.45) is 1.51. The maximum Gasteiger partial charge on any atom is 0.458 e. The number of rotatable bonds is 5. The molecule has 5 heteroatoms. The van der Waals surface area contributed by atoms with Crippen molar-refractivity contribution in [2.75, 3.05) is 6.61 Å². The number of esters is 1. The Balaban J connectivity index is 1.84. The van der Waals surface area contributed by atoms with Gasteiger partial charge in [-0.25, -0.2) is 4.79 Å². The summed E-state index contributed by atoms with van der Waals surface area (Å²) in [7, 11) is -0.245. The van der Waals surface area contributed by atoms with E-state index in [0.29, 0.717) is 12.2 Å². The van der Waals surface area contributed by atoms with Crippen LogP contribution in [0.5, 0.6) is 0 Å². The summed E-state index contributed by atoms with van der Waals surface area (Å²) in [4.78, 5) is 12.2. The second-order valence-corrected chi connectivity index (χ2v) is 7.80. The largest absolute Gasteiger partial charge is 0.462 e. The first-order chi connectivity index (χ1) is 12.2. The summed E-state index contributed by atoms with van der Waals surface area (Å²) in [5.41, 5.74) is 1.05. The molecule has 1 fully saturated rings. The Morgan fingerprint density at radius 3 is 2.38 bits per heavy atom. The molecule has 1 aliphatic heterocycles. The SMILES string of the molecule is CCOC(=O)c1cc(CCB2OC(C)(C)C(C)(C)O2)c2ccccc2c1. The summed E-state index contributed by atoms with van der Waals surface area (Å²) < 4.78 is 17.4. The summed E-state index contributed by atoms with van der Waals surface area (Å²) in [6, 6.07) is 11.9. The van der Waals surface area contributed by atoms with Gasteiger partial charge in [0.1, 0.15) is 0 Å². The van der Waals surface area contributed by atoms with Crippen molar-refractivity contribution in [1.29, 1.82) is 0 Å². The van der Waals surface area contributed by atoms with E-state index in [4.69, 9.17) is 14.0 Å². The van der Waals surface area contributed by atoms with Gasteiger partial charge in [-0.15, -0.1) is 0 Å². The van der Waals surface area contributed by atoms with Gasteiger partial charge in [-0.05, 0) is 75.8 Å². The van der Waals surface area contributed by atoms with Gasteiger partial charge in [0, 0.05) is 0 Å². The number of aryl methyl sites for hydroxylation is 1. The highest BCUT2D eigenvalue weighted by Gasteiger charge is 2.50. The molecule has 1 saturated heterocycles. The van der Waals surface area contributed by atoms with Crippen molar-refractivity contribution in [2.24, 2.45) is 0 Å². The van der Waals surface area contributed by atoms with Crippen LogP contribution in [0.4, 0.5) is 0 Å². The Kier molecular flexibility index (Phi) is 5.13. The lowest BCUT2D eigenvalue weighted by Gasteiger charge is -2.32. The number of carbonyl (C=O) groups is 1. The molecule has 0 bridgehead atoms. The van der Waals surface area contributed by atoms with Crippen LogP contribution in [0.15, 0.2) is 36.4 Å². The second-order valence-electron chi connectivity index (χ2n) is 7.80. The zero-order valence-corrected chi connectivity index (χ0v) is 16.3. The Hall–Kier alpha value is -1.85. The van der Waals surface area contributed by atoms with Crippen LogP contribution in [0.1, 0.15) is 50.5 Å². The predicted molar refractivity (Wildman–Crippen MR) is 104 cm³/mol. The third kappa shape index (κ3) is 3.65. The molecule has 0 unspecified atom stereocenters. The van der Waals surface area contributed by atoms with E-state index in [9.17, 15) is 4.79 Å². The molecule has 0 aliphatic carbocycles. The monoisotopic (exact) mass is 354 g/mol. The topological polar surface area (TPSA) is 44.8 Å². The normalized spacial score (nSPS) is 18.3. The van der Waals surface area contributed by atoms with E-state index in [-0.39, 0.29) is 24.3 Å². The molecule has 0 radical (unpaired) electrons. The van der Waals surface area contributed by atoms with Crippen LogP contribution in [0.3, 0.4) is 0 Å². The minimum atomic E-state index is -0.327. The molecule has 0 spiro atoms. The Bertz CT molecular complexity index is 797. The average Bonchev–Trinajstić information content (AvgIpc) is 2.79. The molecule has 0 saturated carbocycles. The lowest BCUT2D eigenvalue weighted by Crippen LogP contribution is -2.41. The molecular weight excluding hydrogens is 327 g/mol. The molecule has 1 heterocycles. The van der Waals surface area contributed by atoms with Crippen LogP contribution >= 0.6 is 0 Å². The highest BCUT2D eigenvalue weighted by atomic mass is 16.7. The second kappa shape index (κ2) is 7.05. The van der Waals surface area contributed by atoms with Gasteiger partial charge in [0.15, 0.2) is 0 Å². The summed E-state index contributed by atoms with van der Waals surface area (Å²) in [5.74, 6) is -0.282. The van der Waals surface area contributed by atoms with Gasteiger partial charge in [0.25, 0.3) is 0 Å². The molecule has 26 heavy (non-hydrogen) atoms. The van der Waals surface area contributed by atoms with Crippen LogP contribution in [0.2, 0.25) is 6.32 Å². The lowest BCUT2D eigenvalue weighted by atomic mass is 9.80. The zero-order valence-electron chi connectivity index (χ0n) is 16.3. The Labute approximate surface area is 156 Å². The molecule has 1 aliphatic rings. The summed E-state index contributed by atoms with van der Waals surface area (Å²) in [5, 5.41) is 2.19. The van der Waals surface area contributed by atoms with Crippen molar-refractivity contribution in [3.8, 4) is 0 Å². The number of hydrogen-bond donors (Lipinski definition) is 0. The summed E-state index contributed by atoms with van der Waals surface area (Å²) in [6.45, 7) is 10.4. The molecule has 0 atom stereocenters. The van der Waals surface area contributed by atoms with Gasteiger partial charge in [0.2, 0.25) is 0 Å². The molecular formula is C21H27BO4. The number of hydrogen-bond acceptors (Lipinski definition) is 4. The van der Waals surface area contributed by atoms with Crippen LogP contribution in [-0.4, -0.2) is 30.9 Å². The lowest BCUT2D eigenvalue weighted by molar-refractivity contribution is 0.00578. The average molecular weight is 354 g/mol. The van der Waals surface area contributed by atoms with Crippen molar-refractivity contribution in [1.82, 2.24) is 0 Å². The number of benzene rings is 2. The van der Waals surface area contributed by atoms with E-state index in [0.717, 1.165) is 29.1 Å². The molecule has 138 valence electrons. The van der Waals surface area contributed by atoms with Crippen LogP contribution in [0.25, 0.3) is 10.8 Å². The first-order valence-corrected chi connectivity index (χ1v) is 9.28. The van der Waals surface area contributed by atoms with Crippen LogP contribution < -0.4 is 0 Å². The van der Waals surface area contributed by atoms with Gasteiger partial charge >= 0.3 is 13.1 Å². The van der Waals surface area contributed by atoms with Crippen molar-refractivity contribution in [3.63, 3.8) is 0 Å².